The van der Waals surface area contributed by atoms with Crippen molar-refractivity contribution in [2.75, 3.05) is 5.32 Å². The number of carbonyl (C=O) groups excluding carboxylic acids is 1. The van der Waals surface area contributed by atoms with Crippen molar-refractivity contribution in [3.05, 3.63) is 40.7 Å². The monoisotopic (exact) mass is 328 g/mol. The summed E-state index contributed by atoms with van der Waals surface area (Å²) in [6, 6.07) is 6.40. The molecule has 0 aliphatic carbocycles. The van der Waals surface area contributed by atoms with Crippen LogP contribution in [-0.4, -0.2) is 20.4 Å². The van der Waals surface area contributed by atoms with Crippen molar-refractivity contribution in [1.82, 2.24) is 14.5 Å². The van der Waals surface area contributed by atoms with E-state index < -0.39 is 0 Å². The normalized spacial score (nSPS) is 11.3. The average molecular weight is 328 g/mol. The maximum atomic E-state index is 12.1. The Morgan fingerprint density at radius 2 is 2.09 bits per heavy atom. The maximum absolute atomic E-state index is 12.1. The molecule has 3 aromatic rings. The van der Waals surface area contributed by atoms with E-state index in [1.54, 1.807) is 0 Å². The topological polar surface area (TPSA) is 59.8 Å². The molecule has 0 saturated heterocycles. The average Bonchev–Trinajstić information content (AvgIpc) is 3.00. The van der Waals surface area contributed by atoms with Crippen LogP contribution in [0, 0.1) is 13.8 Å². The van der Waals surface area contributed by atoms with E-state index in [9.17, 15) is 4.79 Å². The third-order valence-electron chi connectivity index (χ3n) is 3.68. The SMILES string of the molecule is Cc1csc(NC(=O)Cc2ccc3c(c2)nc(C)n3C(C)C)n1. The molecule has 0 bridgehead atoms. The Morgan fingerprint density at radius 1 is 1.30 bits per heavy atom. The number of imidazole rings is 1. The number of aromatic nitrogens is 3. The number of thiazole rings is 1. The highest BCUT2D eigenvalue weighted by Crippen LogP contribution is 2.22. The summed E-state index contributed by atoms with van der Waals surface area (Å²) in [6.45, 7) is 8.21. The molecular weight excluding hydrogens is 308 g/mol. The molecule has 23 heavy (non-hydrogen) atoms. The lowest BCUT2D eigenvalue weighted by molar-refractivity contribution is -0.115. The Morgan fingerprint density at radius 3 is 2.74 bits per heavy atom. The fourth-order valence-corrected chi connectivity index (χ4v) is 3.49. The highest BCUT2D eigenvalue weighted by Gasteiger charge is 2.12. The summed E-state index contributed by atoms with van der Waals surface area (Å²) in [5.74, 6) is 0.938. The predicted octanol–water partition coefficient (Wildman–Crippen LogP) is 3.87. The molecule has 0 radical (unpaired) electrons. The molecule has 0 unspecified atom stereocenters. The van der Waals surface area contributed by atoms with Gasteiger partial charge in [0.1, 0.15) is 5.82 Å². The van der Waals surface area contributed by atoms with E-state index in [0.29, 0.717) is 17.6 Å². The third kappa shape index (κ3) is 3.27. The summed E-state index contributed by atoms with van der Waals surface area (Å²) in [5, 5.41) is 5.40. The number of amides is 1. The Balaban J connectivity index is 1.79. The van der Waals surface area contributed by atoms with Crippen LogP contribution in [0.5, 0.6) is 0 Å². The first-order valence-corrected chi connectivity index (χ1v) is 8.51. The van der Waals surface area contributed by atoms with Crippen molar-refractivity contribution in [3.63, 3.8) is 0 Å². The molecule has 0 spiro atoms. The third-order valence-corrected chi connectivity index (χ3v) is 4.55. The zero-order valence-corrected chi connectivity index (χ0v) is 14.6. The number of rotatable bonds is 4. The minimum absolute atomic E-state index is 0.0567. The number of carbonyl (C=O) groups is 1. The van der Waals surface area contributed by atoms with Gasteiger partial charge >= 0.3 is 0 Å². The summed E-state index contributed by atoms with van der Waals surface area (Å²) in [7, 11) is 0. The number of benzene rings is 1. The molecule has 1 amide bonds. The molecule has 120 valence electrons. The zero-order chi connectivity index (χ0) is 16.6. The fraction of sp³-hybridized carbons (Fsp3) is 0.353. The van der Waals surface area contributed by atoms with Crippen LogP contribution in [0.3, 0.4) is 0 Å². The van der Waals surface area contributed by atoms with Crippen LogP contribution in [0.2, 0.25) is 0 Å². The van der Waals surface area contributed by atoms with E-state index >= 15 is 0 Å². The van der Waals surface area contributed by atoms with Gasteiger partial charge in [0.05, 0.1) is 23.1 Å². The molecule has 2 aromatic heterocycles. The van der Waals surface area contributed by atoms with Gasteiger partial charge in [-0.2, -0.15) is 0 Å². The fourth-order valence-electron chi connectivity index (χ4n) is 2.79. The largest absolute Gasteiger partial charge is 0.326 e. The van der Waals surface area contributed by atoms with Gasteiger partial charge in [-0.3, -0.25) is 4.79 Å². The first-order valence-electron chi connectivity index (χ1n) is 7.63. The van der Waals surface area contributed by atoms with Crippen molar-refractivity contribution < 1.29 is 4.79 Å². The van der Waals surface area contributed by atoms with Crippen LogP contribution in [0.15, 0.2) is 23.6 Å². The van der Waals surface area contributed by atoms with E-state index in [2.05, 4.69) is 33.7 Å². The number of nitrogens with one attached hydrogen (secondary N) is 1. The summed E-state index contributed by atoms with van der Waals surface area (Å²) in [5.41, 5.74) is 3.92. The van der Waals surface area contributed by atoms with E-state index in [1.807, 2.05) is 37.4 Å². The van der Waals surface area contributed by atoms with Gasteiger partial charge in [0.15, 0.2) is 5.13 Å². The van der Waals surface area contributed by atoms with Gasteiger partial charge in [-0.25, -0.2) is 9.97 Å². The van der Waals surface area contributed by atoms with Crippen molar-refractivity contribution in [1.29, 1.82) is 0 Å². The molecule has 0 saturated carbocycles. The summed E-state index contributed by atoms with van der Waals surface area (Å²) in [4.78, 5) is 21.0. The number of aryl methyl sites for hydroxylation is 2. The summed E-state index contributed by atoms with van der Waals surface area (Å²) >= 11 is 1.44. The van der Waals surface area contributed by atoms with Crippen molar-refractivity contribution in [2.45, 2.75) is 40.2 Å². The lowest BCUT2D eigenvalue weighted by Gasteiger charge is -2.10. The second-order valence-corrected chi connectivity index (χ2v) is 6.82. The maximum Gasteiger partial charge on any atom is 0.230 e. The van der Waals surface area contributed by atoms with Gasteiger partial charge in [0, 0.05) is 11.4 Å². The molecule has 0 aliphatic heterocycles. The van der Waals surface area contributed by atoms with Crippen molar-refractivity contribution in [2.24, 2.45) is 0 Å². The zero-order valence-electron chi connectivity index (χ0n) is 13.8. The lowest BCUT2D eigenvalue weighted by Crippen LogP contribution is -2.14. The molecule has 2 heterocycles. The minimum Gasteiger partial charge on any atom is -0.326 e. The molecular formula is C17H20N4OS. The quantitative estimate of drug-likeness (QED) is 0.791. The molecule has 0 fully saturated rings. The van der Waals surface area contributed by atoms with Crippen LogP contribution >= 0.6 is 11.3 Å². The van der Waals surface area contributed by atoms with Crippen LogP contribution in [-0.2, 0) is 11.2 Å². The van der Waals surface area contributed by atoms with Gasteiger partial charge in [-0.1, -0.05) is 6.07 Å². The highest BCUT2D eigenvalue weighted by molar-refractivity contribution is 7.13. The molecule has 3 rings (SSSR count). The van der Waals surface area contributed by atoms with Crippen LogP contribution in [0.1, 0.15) is 37.0 Å². The Bertz CT molecular complexity index is 863. The minimum atomic E-state index is -0.0567. The molecule has 6 heteroatoms. The smallest absolute Gasteiger partial charge is 0.230 e. The number of nitrogens with zero attached hydrogens (tertiary/aromatic N) is 3. The standard InChI is InChI=1S/C17H20N4OS/c1-10(2)21-12(4)19-14-7-13(5-6-15(14)21)8-16(22)20-17-18-11(3)9-23-17/h5-7,9-10H,8H2,1-4H3,(H,18,20,22). The predicted molar refractivity (Wildman–Crippen MR) is 94.0 cm³/mol. The molecule has 1 N–H and O–H groups in total. The lowest BCUT2D eigenvalue weighted by atomic mass is 10.1. The second-order valence-electron chi connectivity index (χ2n) is 5.96. The van der Waals surface area contributed by atoms with E-state index in [-0.39, 0.29) is 5.91 Å². The van der Waals surface area contributed by atoms with Crippen molar-refractivity contribution in [3.8, 4) is 0 Å². The van der Waals surface area contributed by atoms with Crippen LogP contribution < -0.4 is 5.32 Å². The van der Waals surface area contributed by atoms with Crippen LogP contribution in [0.4, 0.5) is 5.13 Å². The molecule has 0 atom stereocenters. The van der Waals surface area contributed by atoms with E-state index in [1.165, 1.54) is 11.3 Å². The highest BCUT2D eigenvalue weighted by atomic mass is 32.1. The molecule has 1 aromatic carbocycles. The number of fused-ring (bicyclic) bond motifs is 1. The molecule has 0 aliphatic rings. The van der Waals surface area contributed by atoms with Gasteiger partial charge < -0.3 is 9.88 Å². The number of hydrogen-bond acceptors (Lipinski definition) is 4. The molecule has 5 nitrogen and oxygen atoms in total. The van der Waals surface area contributed by atoms with E-state index in [4.69, 9.17) is 0 Å². The first-order chi connectivity index (χ1) is 10.9. The summed E-state index contributed by atoms with van der Waals surface area (Å²) < 4.78 is 2.21. The van der Waals surface area contributed by atoms with Gasteiger partial charge in [0.25, 0.3) is 0 Å². The van der Waals surface area contributed by atoms with Crippen LogP contribution in [0.25, 0.3) is 11.0 Å². The van der Waals surface area contributed by atoms with Gasteiger partial charge in [-0.15, -0.1) is 11.3 Å². The number of anilines is 1. The Labute approximate surface area is 139 Å². The Hall–Kier alpha value is -2.21. The van der Waals surface area contributed by atoms with Gasteiger partial charge in [-0.05, 0) is 45.4 Å². The second kappa shape index (κ2) is 6.12. The summed E-state index contributed by atoms with van der Waals surface area (Å²) in [6.07, 6.45) is 0.322. The van der Waals surface area contributed by atoms with Gasteiger partial charge in [0.2, 0.25) is 5.91 Å². The van der Waals surface area contributed by atoms with E-state index in [0.717, 1.165) is 28.1 Å². The van der Waals surface area contributed by atoms with Crippen molar-refractivity contribution >= 4 is 33.4 Å². The first kappa shape index (κ1) is 15.7. The number of hydrogen-bond donors (Lipinski definition) is 1. The Kier molecular flexibility index (Phi) is 4.17.